The number of carbonyl (C=O) groups is 1. The van der Waals surface area contributed by atoms with Crippen molar-refractivity contribution in [2.45, 2.75) is 6.18 Å². The van der Waals surface area contributed by atoms with Crippen LogP contribution in [0.1, 0.15) is 15.9 Å². The number of carboxylic acids is 1. The second-order valence-electron chi connectivity index (χ2n) is 3.73. The highest BCUT2D eigenvalue weighted by Crippen LogP contribution is 2.29. The quantitative estimate of drug-likeness (QED) is 0.872. The second kappa shape index (κ2) is 4.76. The molecule has 2 aromatic heterocycles. The number of nitrogens with zero attached hydrogens (tertiary/aromatic N) is 2. The zero-order valence-electron chi connectivity index (χ0n) is 9.60. The molecule has 2 rings (SSSR count). The molecule has 0 spiro atoms. The van der Waals surface area contributed by atoms with E-state index in [-0.39, 0.29) is 11.4 Å². The smallest absolute Gasteiger partial charge is 0.417 e. The fourth-order valence-corrected chi connectivity index (χ4v) is 1.41. The van der Waals surface area contributed by atoms with Gasteiger partial charge in [0.25, 0.3) is 5.56 Å². The number of nitrogens with one attached hydrogen (secondary N) is 1. The maximum absolute atomic E-state index is 12.4. The fourth-order valence-electron chi connectivity index (χ4n) is 1.41. The van der Waals surface area contributed by atoms with Gasteiger partial charge in [0.15, 0.2) is 0 Å². The lowest BCUT2D eigenvalue weighted by molar-refractivity contribution is -0.137. The largest absolute Gasteiger partial charge is 0.477 e. The van der Waals surface area contributed by atoms with Crippen LogP contribution in [-0.2, 0) is 6.18 Å². The summed E-state index contributed by atoms with van der Waals surface area (Å²) < 4.78 is 37.1. The number of pyridine rings is 1. The number of hydrogen-bond donors (Lipinski definition) is 2. The van der Waals surface area contributed by atoms with Gasteiger partial charge < -0.3 is 5.11 Å². The first-order chi connectivity index (χ1) is 9.29. The van der Waals surface area contributed by atoms with Crippen molar-refractivity contribution in [2.24, 2.45) is 0 Å². The van der Waals surface area contributed by atoms with E-state index in [2.05, 4.69) is 10.1 Å². The van der Waals surface area contributed by atoms with E-state index in [1.807, 2.05) is 5.10 Å². The molecule has 0 atom stereocenters. The maximum atomic E-state index is 12.4. The van der Waals surface area contributed by atoms with Crippen molar-refractivity contribution in [1.82, 2.24) is 15.2 Å². The zero-order chi connectivity index (χ0) is 14.9. The Morgan fingerprint density at radius 3 is 2.45 bits per heavy atom. The number of carboxylic acid groups (broad SMARTS) is 1. The molecule has 0 aliphatic heterocycles. The summed E-state index contributed by atoms with van der Waals surface area (Å²) in [6.07, 6.45) is -3.92. The summed E-state index contributed by atoms with van der Waals surface area (Å²) in [7, 11) is 0. The molecule has 2 aromatic rings. The molecule has 0 bridgehead atoms. The van der Waals surface area contributed by atoms with E-state index in [0.717, 1.165) is 18.2 Å². The highest BCUT2D eigenvalue weighted by atomic mass is 19.4. The minimum Gasteiger partial charge on any atom is -0.477 e. The number of halogens is 3. The van der Waals surface area contributed by atoms with Crippen molar-refractivity contribution in [3.63, 3.8) is 0 Å². The van der Waals surface area contributed by atoms with Crippen LogP contribution < -0.4 is 5.56 Å². The lowest BCUT2D eigenvalue weighted by Gasteiger charge is -2.06. The molecule has 9 heteroatoms. The van der Waals surface area contributed by atoms with Crippen LogP contribution in [0.5, 0.6) is 0 Å². The van der Waals surface area contributed by atoms with Crippen LogP contribution >= 0.6 is 0 Å². The van der Waals surface area contributed by atoms with Gasteiger partial charge in [0.05, 0.1) is 11.3 Å². The number of rotatable bonds is 2. The minimum atomic E-state index is -4.52. The van der Waals surface area contributed by atoms with Crippen molar-refractivity contribution in [1.29, 1.82) is 0 Å². The van der Waals surface area contributed by atoms with Crippen LogP contribution in [0.25, 0.3) is 11.4 Å². The Balaban J connectivity index is 2.45. The summed E-state index contributed by atoms with van der Waals surface area (Å²) in [5, 5.41) is 14.3. The summed E-state index contributed by atoms with van der Waals surface area (Å²) in [4.78, 5) is 25.5. The third-order valence-electron chi connectivity index (χ3n) is 2.39. The molecule has 6 nitrogen and oxygen atoms in total. The summed E-state index contributed by atoms with van der Waals surface area (Å²) >= 11 is 0. The van der Waals surface area contributed by atoms with Gasteiger partial charge in [0.2, 0.25) is 0 Å². The number of H-pyrrole nitrogens is 1. The fraction of sp³-hybridized carbons (Fsp3) is 0.0909. The van der Waals surface area contributed by atoms with E-state index in [4.69, 9.17) is 5.11 Å². The average molecular weight is 285 g/mol. The standard InChI is InChI=1S/C11H6F3N3O3/c12-11(13,14)5-1-2-7(15-4-5)8-3-6(10(19)20)9(18)17-16-8/h1-4H,(H,17,18)(H,19,20). The van der Waals surface area contributed by atoms with Gasteiger partial charge in [-0.15, -0.1) is 0 Å². The molecule has 0 aliphatic carbocycles. The molecule has 0 saturated carbocycles. The van der Waals surface area contributed by atoms with E-state index >= 15 is 0 Å². The highest BCUT2D eigenvalue weighted by molar-refractivity contribution is 5.88. The third-order valence-corrected chi connectivity index (χ3v) is 2.39. The molecule has 0 amide bonds. The molecule has 0 saturated heterocycles. The van der Waals surface area contributed by atoms with Crippen molar-refractivity contribution in [2.75, 3.05) is 0 Å². The number of aromatic nitrogens is 3. The van der Waals surface area contributed by atoms with E-state index < -0.39 is 28.8 Å². The average Bonchev–Trinajstić information content (AvgIpc) is 2.38. The first-order valence-electron chi connectivity index (χ1n) is 5.15. The predicted molar refractivity (Wildman–Crippen MR) is 60.0 cm³/mol. The van der Waals surface area contributed by atoms with Crippen LogP contribution in [0.3, 0.4) is 0 Å². The van der Waals surface area contributed by atoms with Crippen molar-refractivity contribution < 1.29 is 23.1 Å². The first kappa shape index (κ1) is 13.7. The van der Waals surface area contributed by atoms with Crippen molar-refractivity contribution in [3.05, 3.63) is 45.9 Å². The van der Waals surface area contributed by atoms with Gasteiger partial charge in [-0.05, 0) is 18.2 Å². The molecular formula is C11H6F3N3O3. The molecule has 2 N–H and O–H groups in total. The van der Waals surface area contributed by atoms with E-state index in [1.165, 1.54) is 0 Å². The molecular weight excluding hydrogens is 279 g/mol. The molecule has 0 unspecified atom stereocenters. The van der Waals surface area contributed by atoms with Crippen LogP contribution in [0.2, 0.25) is 0 Å². The topological polar surface area (TPSA) is 95.9 Å². The number of hydrogen-bond acceptors (Lipinski definition) is 4. The van der Waals surface area contributed by atoms with E-state index in [9.17, 15) is 22.8 Å². The Bertz CT molecular complexity index is 707. The summed E-state index contributed by atoms with van der Waals surface area (Å²) in [5.74, 6) is -1.47. The lowest BCUT2D eigenvalue weighted by atomic mass is 10.2. The molecule has 20 heavy (non-hydrogen) atoms. The van der Waals surface area contributed by atoms with Gasteiger partial charge in [0.1, 0.15) is 11.3 Å². The van der Waals surface area contributed by atoms with Crippen LogP contribution in [0.15, 0.2) is 29.2 Å². The Morgan fingerprint density at radius 2 is 1.95 bits per heavy atom. The van der Waals surface area contributed by atoms with Crippen LogP contribution in [0.4, 0.5) is 13.2 Å². The second-order valence-corrected chi connectivity index (χ2v) is 3.73. The summed E-state index contributed by atoms with van der Waals surface area (Å²) in [6, 6.07) is 2.77. The van der Waals surface area contributed by atoms with Gasteiger partial charge in [-0.2, -0.15) is 18.3 Å². The Labute approximate surface area is 108 Å². The predicted octanol–water partition coefficient (Wildman–Crippen LogP) is 1.55. The number of aromatic carboxylic acids is 1. The van der Waals surface area contributed by atoms with Crippen LogP contribution in [-0.4, -0.2) is 26.3 Å². The van der Waals surface area contributed by atoms with Gasteiger partial charge >= 0.3 is 12.1 Å². The monoisotopic (exact) mass is 285 g/mol. The van der Waals surface area contributed by atoms with Gasteiger partial charge in [-0.1, -0.05) is 0 Å². The van der Waals surface area contributed by atoms with Crippen molar-refractivity contribution in [3.8, 4) is 11.4 Å². The number of aromatic amines is 1. The normalized spacial score (nSPS) is 11.3. The molecule has 0 radical (unpaired) electrons. The van der Waals surface area contributed by atoms with Gasteiger partial charge in [0, 0.05) is 6.20 Å². The van der Waals surface area contributed by atoms with Crippen LogP contribution in [0, 0.1) is 0 Å². The lowest BCUT2D eigenvalue weighted by Crippen LogP contribution is -2.19. The third kappa shape index (κ3) is 2.66. The minimum absolute atomic E-state index is 0.0109. The number of alkyl halides is 3. The molecule has 0 aromatic carbocycles. The van der Waals surface area contributed by atoms with Gasteiger partial charge in [-0.3, -0.25) is 9.78 Å². The molecule has 104 valence electrons. The molecule has 2 heterocycles. The maximum Gasteiger partial charge on any atom is 0.417 e. The highest BCUT2D eigenvalue weighted by Gasteiger charge is 2.30. The Kier molecular flexibility index (Phi) is 3.26. The Morgan fingerprint density at radius 1 is 1.25 bits per heavy atom. The summed E-state index contributed by atoms with van der Waals surface area (Å²) in [6.45, 7) is 0. The summed E-state index contributed by atoms with van der Waals surface area (Å²) in [5.41, 5.74) is -2.46. The van der Waals surface area contributed by atoms with E-state index in [1.54, 1.807) is 0 Å². The van der Waals surface area contributed by atoms with E-state index in [0.29, 0.717) is 6.20 Å². The zero-order valence-corrected chi connectivity index (χ0v) is 9.60. The molecule has 0 fully saturated rings. The van der Waals surface area contributed by atoms with Gasteiger partial charge in [-0.25, -0.2) is 9.89 Å². The first-order valence-corrected chi connectivity index (χ1v) is 5.15. The Hall–Kier alpha value is -2.71. The molecule has 0 aliphatic rings. The SMILES string of the molecule is O=C(O)c1cc(-c2ccc(C(F)(F)F)cn2)n[nH]c1=O. The van der Waals surface area contributed by atoms with Crippen molar-refractivity contribution >= 4 is 5.97 Å².